The third-order valence-corrected chi connectivity index (χ3v) is 4.18. The highest BCUT2D eigenvalue weighted by molar-refractivity contribution is 6.09. The number of aryl methyl sites for hydroxylation is 1. The monoisotopic (exact) mass is 302 g/mol. The van der Waals surface area contributed by atoms with E-state index in [1.807, 2.05) is 41.1 Å². The normalized spacial score (nSPS) is 11.7. The van der Waals surface area contributed by atoms with Crippen molar-refractivity contribution in [3.05, 3.63) is 61.7 Å². The van der Waals surface area contributed by atoms with Gasteiger partial charge in [-0.25, -0.2) is 9.97 Å². The second-order valence-corrected chi connectivity index (χ2v) is 5.64. The molecule has 5 aromatic rings. The Balaban J connectivity index is 1.83. The minimum Gasteiger partial charge on any atom is -0.339 e. The van der Waals surface area contributed by atoms with E-state index in [1.165, 1.54) is 10.8 Å². The van der Waals surface area contributed by atoms with E-state index in [-0.39, 0.29) is 0 Å². The van der Waals surface area contributed by atoms with Crippen LogP contribution in [0, 0.1) is 0 Å². The van der Waals surface area contributed by atoms with Crippen molar-refractivity contribution in [2.45, 2.75) is 0 Å². The number of nitrogens with zero attached hydrogens (tertiary/aromatic N) is 5. The van der Waals surface area contributed by atoms with Crippen molar-refractivity contribution < 1.29 is 0 Å². The standard InChI is InChI=1S/C17H14N6/c1-21-9-15(19-11-21)23-7-5-13-12-3-2-4-14(16(12)20-17(13)23)22-8-6-18-10-22/h2-11,20H,1H3. The van der Waals surface area contributed by atoms with E-state index < -0.39 is 0 Å². The van der Waals surface area contributed by atoms with Crippen LogP contribution in [0.1, 0.15) is 0 Å². The molecule has 0 atom stereocenters. The smallest absolute Gasteiger partial charge is 0.156 e. The highest BCUT2D eigenvalue weighted by atomic mass is 15.2. The lowest BCUT2D eigenvalue weighted by Gasteiger charge is -2.03. The summed E-state index contributed by atoms with van der Waals surface area (Å²) in [5.41, 5.74) is 3.23. The van der Waals surface area contributed by atoms with Gasteiger partial charge < -0.3 is 14.1 Å². The molecule has 0 spiro atoms. The van der Waals surface area contributed by atoms with E-state index in [2.05, 4.69) is 43.8 Å². The van der Waals surface area contributed by atoms with Gasteiger partial charge in [-0.15, -0.1) is 0 Å². The summed E-state index contributed by atoms with van der Waals surface area (Å²) < 4.78 is 6.04. The topological polar surface area (TPSA) is 56.4 Å². The van der Waals surface area contributed by atoms with Crippen molar-refractivity contribution in [1.82, 2.24) is 28.7 Å². The maximum absolute atomic E-state index is 4.44. The first kappa shape index (κ1) is 12.3. The molecule has 0 aliphatic rings. The van der Waals surface area contributed by atoms with Crippen LogP contribution in [0.5, 0.6) is 0 Å². The van der Waals surface area contributed by atoms with E-state index in [0.29, 0.717) is 0 Å². The second kappa shape index (κ2) is 4.36. The van der Waals surface area contributed by atoms with Gasteiger partial charge in [-0.05, 0) is 12.1 Å². The number of imidazole rings is 2. The molecule has 112 valence electrons. The van der Waals surface area contributed by atoms with E-state index in [4.69, 9.17) is 0 Å². The summed E-state index contributed by atoms with van der Waals surface area (Å²) >= 11 is 0. The molecule has 0 aliphatic carbocycles. The quantitative estimate of drug-likeness (QED) is 0.545. The van der Waals surface area contributed by atoms with Gasteiger partial charge in [-0.2, -0.15) is 0 Å². The van der Waals surface area contributed by atoms with Crippen LogP contribution in [0.25, 0.3) is 33.4 Å². The van der Waals surface area contributed by atoms with Crippen LogP contribution >= 0.6 is 0 Å². The molecule has 5 rings (SSSR count). The maximum Gasteiger partial charge on any atom is 0.156 e. The summed E-state index contributed by atoms with van der Waals surface area (Å²) in [6.45, 7) is 0. The van der Waals surface area contributed by atoms with Gasteiger partial charge in [0, 0.05) is 42.6 Å². The second-order valence-electron chi connectivity index (χ2n) is 5.64. The Kier molecular flexibility index (Phi) is 2.33. The van der Waals surface area contributed by atoms with Crippen LogP contribution in [0.2, 0.25) is 0 Å². The van der Waals surface area contributed by atoms with E-state index in [0.717, 1.165) is 22.7 Å². The first-order valence-corrected chi connectivity index (χ1v) is 7.40. The maximum atomic E-state index is 4.44. The number of hydrogen-bond acceptors (Lipinski definition) is 2. The molecule has 0 fully saturated rings. The molecule has 23 heavy (non-hydrogen) atoms. The lowest BCUT2D eigenvalue weighted by Crippen LogP contribution is -1.93. The highest BCUT2D eigenvalue weighted by Crippen LogP contribution is 2.31. The van der Waals surface area contributed by atoms with Crippen LogP contribution in [-0.2, 0) is 7.05 Å². The largest absolute Gasteiger partial charge is 0.339 e. The summed E-state index contributed by atoms with van der Waals surface area (Å²) in [5, 5.41) is 2.38. The SMILES string of the molecule is Cn1cnc(-n2ccc3c4cccc(-n5ccnc5)c4[nH]c32)c1. The summed E-state index contributed by atoms with van der Waals surface area (Å²) in [6.07, 6.45) is 11.4. The number of rotatable bonds is 2. The van der Waals surface area contributed by atoms with E-state index in [1.54, 1.807) is 12.5 Å². The molecule has 0 saturated carbocycles. The number of H-pyrrole nitrogens is 1. The zero-order valence-corrected chi connectivity index (χ0v) is 12.5. The van der Waals surface area contributed by atoms with Crippen LogP contribution in [0.3, 0.4) is 0 Å². The number of aromatic amines is 1. The fourth-order valence-corrected chi connectivity index (χ4v) is 3.12. The van der Waals surface area contributed by atoms with E-state index >= 15 is 0 Å². The Bertz CT molecular complexity index is 1120. The van der Waals surface area contributed by atoms with Gasteiger partial charge in [-0.3, -0.25) is 4.57 Å². The fraction of sp³-hybridized carbons (Fsp3) is 0.0588. The summed E-state index contributed by atoms with van der Waals surface area (Å²) in [7, 11) is 1.97. The first-order valence-electron chi connectivity index (χ1n) is 7.40. The molecule has 0 bridgehead atoms. The van der Waals surface area contributed by atoms with Crippen LogP contribution < -0.4 is 0 Å². The Labute approximate surface area is 131 Å². The van der Waals surface area contributed by atoms with Crippen molar-refractivity contribution >= 4 is 21.9 Å². The lowest BCUT2D eigenvalue weighted by atomic mass is 10.2. The number of aromatic nitrogens is 6. The lowest BCUT2D eigenvalue weighted by molar-refractivity contribution is 0.912. The average molecular weight is 302 g/mol. The van der Waals surface area contributed by atoms with Crippen LogP contribution in [0.4, 0.5) is 0 Å². The molecule has 4 aromatic heterocycles. The van der Waals surface area contributed by atoms with Crippen molar-refractivity contribution in [3.8, 4) is 11.5 Å². The van der Waals surface area contributed by atoms with Crippen LogP contribution in [0.15, 0.2) is 61.7 Å². The molecular weight excluding hydrogens is 288 g/mol. The third-order valence-electron chi connectivity index (χ3n) is 4.18. The zero-order valence-electron chi connectivity index (χ0n) is 12.5. The van der Waals surface area contributed by atoms with Gasteiger partial charge in [0.1, 0.15) is 5.65 Å². The minimum absolute atomic E-state index is 0.901. The van der Waals surface area contributed by atoms with Crippen molar-refractivity contribution in [2.75, 3.05) is 0 Å². The van der Waals surface area contributed by atoms with Crippen LogP contribution in [-0.4, -0.2) is 28.7 Å². The zero-order chi connectivity index (χ0) is 15.4. The number of nitrogens with one attached hydrogen (secondary N) is 1. The molecular formula is C17H14N6. The third kappa shape index (κ3) is 1.69. The van der Waals surface area contributed by atoms with Gasteiger partial charge in [0.15, 0.2) is 5.82 Å². The number of fused-ring (bicyclic) bond motifs is 3. The fourth-order valence-electron chi connectivity index (χ4n) is 3.12. The molecule has 1 aromatic carbocycles. The number of para-hydroxylation sites is 1. The average Bonchev–Trinajstić information content (AvgIpc) is 3.31. The molecule has 0 aliphatic heterocycles. The minimum atomic E-state index is 0.901. The van der Waals surface area contributed by atoms with Gasteiger partial charge in [0.25, 0.3) is 0 Å². The molecule has 1 N–H and O–H groups in total. The molecule has 6 nitrogen and oxygen atoms in total. The van der Waals surface area contributed by atoms with Crippen molar-refractivity contribution in [1.29, 1.82) is 0 Å². The van der Waals surface area contributed by atoms with Gasteiger partial charge in [-0.1, -0.05) is 12.1 Å². The van der Waals surface area contributed by atoms with Crippen molar-refractivity contribution in [3.63, 3.8) is 0 Å². The molecule has 0 saturated heterocycles. The molecule has 0 radical (unpaired) electrons. The van der Waals surface area contributed by atoms with E-state index in [9.17, 15) is 0 Å². The first-order chi connectivity index (χ1) is 11.3. The Hall–Kier alpha value is -3.28. The molecule has 0 amide bonds. The van der Waals surface area contributed by atoms with Crippen molar-refractivity contribution in [2.24, 2.45) is 7.05 Å². The Morgan fingerprint density at radius 3 is 2.78 bits per heavy atom. The summed E-state index contributed by atoms with van der Waals surface area (Å²) in [6, 6.07) is 8.42. The summed E-state index contributed by atoms with van der Waals surface area (Å²) in [4.78, 5) is 12.1. The number of hydrogen-bond donors (Lipinski definition) is 1. The molecule has 6 heteroatoms. The van der Waals surface area contributed by atoms with Gasteiger partial charge in [0.05, 0.1) is 23.9 Å². The summed E-state index contributed by atoms with van der Waals surface area (Å²) in [5.74, 6) is 0.901. The Morgan fingerprint density at radius 1 is 1.04 bits per heavy atom. The van der Waals surface area contributed by atoms with Gasteiger partial charge in [0.2, 0.25) is 0 Å². The predicted molar refractivity (Wildman–Crippen MR) is 89.0 cm³/mol. The number of benzene rings is 1. The van der Waals surface area contributed by atoms with Gasteiger partial charge >= 0.3 is 0 Å². The predicted octanol–water partition coefficient (Wildman–Crippen LogP) is 3.03. The Morgan fingerprint density at radius 2 is 2.00 bits per heavy atom. The molecule has 4 heterocycles. The molecule has 0 unspecified atom stereocenters. The highest BCUT2D eigenvalue weighted by Gasteiger charge is 2.13.